The third-order valence-electron chi connectivity index (χ3n) is 2.18. The molecule has 18 heavy (non-hydrogen) atoms. The van der Waals surface area contributed by atoms with Gasteiger partial charge in [-0.25, -0.2) is 0 Å². The van der Waals surface area contributed by atoms with Gasteiger partial charge in [0.05, 0.1) is 32.3 Å². The molecule has 0 atom stereocenters. The highest BCUT2D eigenvalue weighted by molar-refractivity contribution is 5.45. The molecule has 0 unspecified atom stereocenters. The molecule has 0 fully saturated rings. The minimum Gasteiger partial charge on any atom is -0.495 e. The Morgan fingerprint density at radius 1 is 1.33 bits per heavy atom. The Morgan fingerprint density at radius 2 is 2.06 bits per heavy atom. The molecule has 0 radical (unpaired) electrons. The van der Waals surface area contributed by atoms with Gasteiger partial charge >= 0.3 is 6.18 Å². The fraction of sp³-hybridized carbons (Fsp3) is 0.417. The van der Waals surface area contributed by atoms with Crippen molar-refractivity contribution in [3.8, 4) is 11.8 Å². The maximum absolute atomic E-state index is 11.9. The molecule has 0 aliphatic rings. The molecule has 0 aliphatic heterocycles. The van der Waals surface area contributed by atoms with Crippen LogP contribution in [-0.2, 0) is 11.3 Å². The van der Waals surface area contributed by atoms with Crippen LogP contribution < -0.4 is 4.74 Å². The van der Waals surface area contributed by atoms with Gasteiger partial charge in [0.1, 0.15) is 11.8 Å². The van der Waals surface area contributed by atoms with Crippen molar-refractivity contribution in [1.29, 1.82) is 5.26 Å². The van der Waals surface area contributed by atoms with E-state index < -0.39 is 12.6 Å². The highest BCUT2D eigenvalue weighted by Gasteiger charge is 2.26. The van der Waals surface area contributed by atoms with Crippen molar-refractivity contribution in [2.45, 2.75) is 19.2 Å². The number of alkyl halides is 3. The second-order valence-electron chi connectivity index (χ2n) is 3.56. The average Bonchev–Trinajstić information content (AvgIpc) is 2.33. The van der Waals surface area contributed by atoms with Crippen LogP contribution in [0.1, 0.15) is 17.5 Å². The van der Waals surface area contributed by atoms with Gasteiger partial charge < -0.3 is 9.47 Å². The molecule has 0 saturated carbocycles. The van der Waals surface area contributed by atoms with Crippen LogP contribution in [0.25, 0.3) is 0 Å². The number of nitriles is 1. The predicted molar refractivity (Wildman–Crippen MR) is 58.0 cm³/mol. The third kappa shape index (κ3) is 4.63. The van der Waals surface area contributed by atoms with Gasteiger partial charge in [0.15, 0.2) is 0 Å². The molecule has 0 N–H and O–H groups in total. The zero-order chi connectivity index (χ0) is 13.6. The second kappa shape index (κ2) is 6.26. The fourth-order valence-electron chi connectivity index (χ4n) is 1.30. The van der Waals surface area contributed by atoms with Crippen LogP contribution in [0.5, 0.6) is 5.75 Å². The lowest BCUT2D eigenvalue weighted by molar-refractivity contribution is -0.146. The summed E-state index contributed by atoms with van der Waals surface area (Å²) in [7, 11) is 1.42. The van der Waals surface area contributed by atoms with Gasteiger partial charge in [-0.3, -0.25) is 0 Å². The van der Waals surface area contributed by atoms with E-state index in [0.29, 0.717) is 16.9 Å². The van der Waals surface area contributed by atoms with Crippen LogP contribution in [0.4, 0.5) is 13.2 Å². The Morgan fingerprint density at radius 3 is 2.61 bits per heavy atom. The molecule has 1 aromatic rings. The van der Waals surface area contributed by atoms with Crippen molar-refractivity contribution < 1.29 is 22.6 Å². The summed E-state index contributed by atoms with van der Waals surface area (Å²) < 4.78 is 45.5. The number of ether oxygens (including phenoxy) is 2. The maximum Gasteiger partial charge on any atom is 0.391 e. The number of hydrogen-bond donors (Lipinski definition) is 0. The van der Waals surface area contributed by atoms with Crippen molar-refractivity contribution >= 4 is 0 Å². The summed E-state index contributed by atoms with van der Waals surface area (Å²) in [5.74, 6) is 0.384. The molecule has 0 bridgehead atoms. The van der Waals surface area contributed by atoms with Crippen molar-refractivity contribution in [3.63, 3.8) is 0 Å². The molecule has 6 heteroatoms. The smallest absolute Gasteiger partial charge is 0.391 e. The lowest BCUT2D eigenvalue weighted by atomic mass is 10.1. The lowest BCUT2D eigenvalue weighted by Gasteiger charge is -2.09. The van der Waals surface area contributed by atoms with Gasteiger partial charge in [-0.15, -0.1) is 0 Å². The first-order valence-corrected chi connectivity index (χ1v) is 5.18. The lowest BCUT2D eigenvalue weighted by Crippen LogP contribution is -2.11. The zero-order valence-corrected chi connectivity index (χ0v) is 9.75. The maximum atomic E-state index is 11.9. The van der Waals surface area contributed by atoms with Gasteiger partial charge in [0.2, 0.25) is 0 Å². The van der Waals surface area contributed by atoms with E-state index in [1.165, 1.54) is 7.11 Å². The summed E-state index contributed by atoms with van der Waals surface area (Å²) in [5.41, 5.74) is 1.03. The molecule has 98 valence electrons. The van der Waals surface area contributed by atoms with Crippen molar-refractivity contribution in [2.24, 2.45) is 0 Å². The van der Waals surface area contributed by atoms with Crippen molar-refractivity contribution in [2.75, 3.05) is 13.7 Å². The van der Waals surface area contributed by atoms with Crippen molar-refractivity contribution in [3.05, 3.63) is 29.3 Å². The first kappa shape index (κ1) is 14.3. The number of halogens is 3. The normalized spacial score (nSPS) is 11.1. The van der Waals surface area contributed by atoms with Crippen LogP contribution in [0, 0.1) is 11.3 Å². The van der Waals surface area contributed by atoms with E-state index in [9.17, 15) is 13.2 Å². The van der Waals surface area contributed by atoms with Crippen LogP contribution in [0.2, 0.25) is 0 Å². The molecule has 0 heterocycles. The molecule has 0 saturated heterocycles. The summed E-state index contributed by atoms with van der Waals surface area (Å²) in [5, 5.41) is 8.76. The standard InChI is InChI=1S/C12H12F3NO2/c1-17-11-6-9(2-3-10(11)7-16)8-18-5-4-12(13,14)15/h2-3,6H,4-5,8H2,1H3. The van der Waals surface area contributed by atoms with Crippen LogP contribution in [-0.4, -0.2) is 19.9 Å². The molecule has 0 aromatic heterocycles. The van der Waals surface area contributed by atoms with Crippen molar-refractivity contribution in [1.82, 2.24) is 0 Å². The minimum atomic E-state index is -4.21. The van der Waals surface area contributed by atoms with E-state index in [1.54, 1.807) is 18.2 Å². The Labute approximate surface area is 103 Å². The largest absolute Gasteiger partial charge is 0.495 e. The Balaban J connectivity index is 2.51. The van der Waals surface area contributed by atoms with Gasteiger partial charge in [-0.2, -0.15) is 18.4 Å². The van der Waals surface area contributed by atoms with Crippen LogP contribution in [0.15, 0.2) is 18.2 Å². The summed E-state index contributed by atoms with van der Waals surface area (Å²) in [4.78, 5) is 0. The SMILES string of the molecule is COc1cc(COCCC(F)(F)F)ccc1C#N. The first-order valence-electron chi connectivity index (χ1n) is 5.18. The third-order valence-corrected chi connectivity index (χ3v) is 2.18. The van der Waals surface area contributed by atoms with E-state index in [0.717, 1.165) is 0 Å². The highest BCUT2D eigenvalue weighted by Crippen LogP contribution is 2.21. The van der Waals surface area contributed by atoms with Crippen LogP contribution in [0.3, 0.4) is 0 Å². The van der Waals surface area contributed by atoms with Gasteiger partial charge in [-0.1, -0.05) is 6.07 Å². The topological polar surface area (TPSA) is 42.2 Å². The zero-order valence-electron chi connectivity index (χ0n) is 9.75. The highest BCUT2D eigenvalue weighted by atomic mass is 19.4. The number of methoxy groups -OCH3 is 1. The Kier molecular flexibility index (Phi) is 4.98. The number of benzene rings is 1. The Hall–Kier alpha value is -1.74. The summed E-state index contributed by atoms with van der Waals surface area (Å²) in [6, 6.07) is 6.68. The molecule has 0 aliphatic carbocycles. The number of hydrogen-bond acceptors (Lipinski definition) is 3. The molecule has 0 spiro atoms. The molecule has 1 rings (SSSR count). The second-order valence-corrected chi connectivity index (χ2v) is 3.56. The average molecular weight is 259 g/mol. The van der Waals surface area contributed by atoms with Gasteiger partial charge in [-0.05, 0) is 17.7 Å². The van der Waals surface area contributed by atoms with Gasteiger partial charge in [0.25, 0.3) is 0 Å². The van der Waals surface area contributed by atoms with E-state index >= 15 is 0 Å². The van der Waals surface area contributed by atoms with Gasteiger partial charge in [0, 0.05) is 0 Å². The predicted octanol–water partition coefficient (Wildman–Crippen LogP) is 3.04. The number of rotatable bonds is 5. The first-order chi connectivity index (χ1) is 8.46. The Bertz CT molecular complexity index is 438. The summed E-state index contributed by atoms with van der Waals surface area (Å²) in [6.07, 6.45) is -5.18. The minimum absolute atomic E-state index is 0.0537. The van der Waals surface area contributed by atoms with E-state index in [4.69, 9.17) is 14.7 Å². The summed E-state index contributed by atoms with van der Waals surface area (Å²) in [6.45, 7) is -0.329. The molecular formula is C12H12F3NO2. The summed E-state index contributed by atoms with van der Waals surface area (Å²) >= 11 is 0. The molecule has 1 aromatic carbocycles. The number of nitrogens with zero attached hydrogens (tertiary/aromatic N) is 1. The fourth-order valence-corrected chi connectivity index (χ4v) is 1.30. The van der Waals surface area contributed by atoms with E-state index in [1.807, 2.05) is 6.07 Å². The van der Waals surface area contributed by atoms with E-state index in [-0.39, 0.29) is 13.2 Å². The molecule has 3 nitrogen and oxygen atoms in total. The molecular weight excluding hydrogens is 247 g/mol. The quantitative estimate of drug-likeness (QED) is 0.763. The van der Waals surface area contributed by atoms with E-state index in [2.05, 4.69) is 0 Å². The monoisotopic (exact) mass is 259 g/mol. The van der Waals surface area contributed by atoms with Crippen LogP contribution >= 0.6 is 0 Å². The molecule has 0 amide bonds.